The van der Waals surface area contributed by atoms with E-state index in [9.17, 15) is 22.8 Å². The lowest BCUT2D eigenvalue weighted by Gasteiger charge is -2.08. The molecule has 0 aliphatic heterocycles. The minimum atomic E-state index is -5.08. The molecule has 24 heavy (non-hydrogen) atoms. The molecule has 0 amide bonds. The van der Waals surface area contributed by atoms with E-state index < -0.39 is 24.1 Å². The van der Waals surface area contributed by atoms with Gasteiger partial charge in [0.2, 0.25) is 0 Å². The van der Waals surface area contributed by atoms with E-state index in [1.165, 1.54) is 6.07 Å². The molecule has 0 bridgehead atoms. The lowest BCUT2D eigenvalue weighted by molar-refractivity contribution is -0.192. The highest BCUT2D eigenvalue weighted by molar-refractivity contribution is 5.97. The Morgan fingerprint density at radius 3 is 2.04 bits per heavy atom. The summed E-state index contributed by atoms with van der Waals surface area (Å²) >= 11 is 0. The van der Waals surface area contributed by atoms with Gasteiger partial charge in [0.25, 0.3) is 0 Å². The van der Waals surface area contributed by atoms with Crippen LogP contribution in [0.3, 0.4) is 0 Å². The number of hydrogen-bond donors (Lipinski definition) is 2. The number of carbonyl (C=O) groups is 3. The van der Waals surface area contributed by atoms with Crippen LogP contribution in [0.25, 0.3) is 0 Å². The van der Waals surface area contributed by atoms with Gasteiger partial charge in [-0.15, -0.1) is 0 Å². The predicted molar refractivity (Wildman–Crippen MR) is 77.0 cm³/mol. The summed E-state index contributed by atoms with van der Waals surface area (Å²) in [5.41, 5.74) is 0.900. The number of alkyl halides is 3. The van der Waals surface area contributed by atoms with Crippen molar-refractivity contribution in [2.75, 3.05) is 6.61 Å². The second kappa shape index (κ2) is 9.53. The minimum absolute atomic E-state index is 0.134. The molecule has 0 radical (unpaired) electrons. The number of halogens is 3. The number of carbonyl (C=O) groups excluding carboxylic acids is 1. The Morgan fingerprint density at radius 2 is 1.62 bits per heavy atom. The van der Waals surface area contributed by atoms with Gasteiger partial charge in [0.15, 0.2) is 0 Å². The van der Waals surface area contributed by atoms with Gasteiger partial charge < -0.3 is 14.9 Å². The van der Waals surface area contributed by atoms with E-state index in [-0.39, 0.29) is 5.56 Å². The van der Waals surface area contributed by atoms with Gasteiger partial charge in [-0.3, -0.25) is 0 Å². The zero-order chi connectivity index (χ0) is 18.9. The molecule has 0 saturated carbocycles. The minimum Gasteiger partial charge on any atom is -0.478 e. The van der Waals surface area contributed by atoms with Crippen LogP contribution in [0, 0.1) is 6.92 Å². The summed E-state index contributed by atoms with van der Waals surface area (Å²) in [5.74, 6) is -4.25. The molecule has 0 aromatic heterocycles. The maximum atomic E-state index is 11.7. The Morgan fingerprint density at radius 1 is 1.12 bits per heavy atom. The highest BCUT2D eigenvalue weighted by Crippen LogP contribution is 2.15. The van der Waals surface area contributed by atoms with E-state index in [4.69, 9.17) is 19.7 Å². The van der Waals surface area contributed by atoms with Crippen molar-refractivity contribution in [2.45, 2.75) is 32.9 Å². The normalized spacial score (nSPS) is 10.4. The van der Waals surface area contributed by atoms with Gasteiger partial charge in [0, 0.05) is 0 Å². The molecule has 1 rings (SSSR count). The van der Waals surface area contributed by atoms with Crippen molar-refractivity contribution < 1.29 is 42.5 Å². The average molecular weight is 350 g/mol. The fraction of sp³-hybridized carbons (Fsp3) is 0.400. The van der Waals surface area contributed by atoms with Gasteiger partial charge >= 0.3 is 24.1 Å². The van der Waals surface area contributed by atoms with Crippen LogP contribution in [-0.4, -0.2) is 40.9 Å². The average Bonchev–Trinajstić information content (AvgIpc) is 2.46. The van der Waals surface area contributed by atoms with Crippen molar-refractivity contribution in [3.05, 3.63) is 34.9 Å². The molecule has 0 atom stereocenters. The zero-order valence-electron chi connectivity index (χ0n) is 13.0. The van der Waals surface area contributed by atoms with E-state index in [1.54, 1.807) is 19.1 Å². The van der Waals surface area contributed by atoms with Gasteiger partial charge in [0.05, 0.1) is 17.7 Å². The number of ether oxygens (including phenoxy) is 1. The van der Waals surface area contributed by atoms with Crippen LogP contribution in [0.15, 0.2) is 18.2 Å². The number of rotatable bonds is 5. The lowest BCUT2D eigenvalue weighted by Crippen LogP contribution is -2.21. The van der Waals surface area contributed by atoms with Gasteiger partial charge in [-0.1, -0.05) is 19.4 Å². The number of benzene rings is 1. The third-order valence-electron chi connectivity index (χ3n) is 2.76. The summed E-state index contributed by atoms with van der Waals surface area (Å²) in [4.78, 5) is 31.5. The molecule has 9 heteroatoms. The van der Waals surface area contributed by atoms with E-state index in [2.05, 4.69) is 0 Å². The Balaban J connectivity index is 0.000000640. The van der Waals surface area contributed by atoms with Crippen LogP contribution in [0.5, 0.6) is 0 Å². The molecule has 2 N–H and O–H groups in total. The van der Waals surface area contributed by atoms with Gasteiger partial charge in [-0.05, 0) is 31.0 Å². The van der Waals surface area contributed by atoms with Crippen LogP contribution in [0.2, 0.25) is 0 Å². The maximum Gasteiger partial charge on any atom is 0.490 e. The number of carboxylic acids is 2. The number of aliphatic carboxylic acids is 1. The number of unbranched alkanes of at least 4 members (excludes halogenated alkanes) is 1. The fourth-order valence-corrected chi connectivity index (χ4v) is 1.48. The molecule has 0 unspecified atom stereocenters. The molecule has 1 aromatic rings. The summed E-state index contributed by atoms with van der Waals surface area (Å²) in [5, 5.41) is 16.1. The Kier molecular flexibility index (Phi) is 8.51. The van der Waals surface area contributed by atoms with Crippen LogP contribution in [-0.2, 0) is 9.53 Å². The number of hydrogen-bond acceptors (Lipinski definition) is 4. The first kappa shape index (κ1) is 21.4. The first-order valence-corrected chi connectivity index (χ1v) is 6.82. The van der Waals surface area contributed by atoms with Crippen molar-refractivity contribution in [1.82, 2.24) is 0 Å². The second-order valence-corrected chi connectivity index (χ2v) is 4.58. The van der Waals surface area contributed by atoms with Crippen LogP contribution >= 0.6 is 0 Å². The molecule has 0 aliphatic rings. The molecule has 134 valence electrons. The molecular weight excluding hydrogens is 333 g/mol. The highest BCUT2D eigenvalue weighted by Gasteiger charge is 2.38. The molecular formula is C15H17F3O6. The first-order chi connectivity index (χ1) is 11.0. The second-order valence-electron chi connectivity index (χ2n) is 4.58. The van der Waals surface area contributed by atoms with E-state index in [0.29, 0.717) is 17.7 Å². The van der Waals surface area contributed by atoms with Crippen molar-refractivity contribution in [1.29, 1.82) is 0 Å². The monoisotopic (exact) mass is 350 g/mol. The van der Waals surface area contributed by atoms with Gasteiger partial charge in [-0.25, -0.2) is 14.4 Å². The summed E-state index contributed by atoms with van der Waals surface area (Å²) in [7, 11) is 0. The molecule has 0 heterocycles. The summed E-state index contributed by atoms with van der Waals surface area (Å²) in [6, 6.07) is 4.60. The summed E-state index contributed by atoms with van der Waals surface area (Å²) in [6.45, 7) is 3.98. The molecule has 0 spiro atoms. The molecule has 0 saturated heterocycles. The van der Waals surface area contributed by atoms with E-state index in [1.807, 2.05) is 6.92 Å². The van der Waals surface area contributed by atoms with Crippen molar-refractivity contribution in [2.24, 2.45) is 0 Å². The van der Waals surface area contributed by atoms with Crippen molar-refractivity contribution in [3.63, 3.8) is 0 Å². The third-order valence-corrected chi connectivity index (χ3v) is 2.76. The molecule has 0 aliphatic carbocycles. The SMILES string of the molecule is CCCCOC(=O)c1cccc(C(=O)O)c1C.O=C(O)C(F)(F)F. The number of aromatic carboxylic acids is 1. The van der Waals surface area contributed by atoms with Crippen molar-refractivity contribution >= 4 is 17.9 Å². The number of carboxylic acid groups (broad SMARTS) is 2. The topological polar surface area (TPSA) is 101 Å². The quantitative estimate of drug-likeness (QED) is 0.624. The largest absolute Gasteiger partial charge is 0.490 e. The van der Waals surface area contributed by atoms with Crippen LogP contribution in [0.1, 0.15) is 46.0 Å². The molecule has 0 fully saturated rings. The van der Waals surface area contributed by atoms with Crippen molar-refractivity contribution in [3.8, 4) is 0 Å². The molecule has 1 aromatic carbocycles. The van der Waals surface area contributed by atoms with Crippen LogP contribution in [0.4, 0.5) is 13.2 Å². The van der Waals surface area contributed by atoms with Crippen LogP contribution < -0.4 is 0 Å². The Hall–Kier alpha value is -2.58. The lowest BCUT2D eigenvalue weighted by atomic mass is 10.0. The smallest absolute Gasteiger partial charge is 0.478 e. The zero-order valence-corrected chi connectivity index (χ0v) is 13.0. The maximum absolute atomic E-state index is 11.7. The Bertz CT molecular complexity index is 595. The fourth-order valence-electron chi connectivity index (χ4n) is 1.48. The standard InChI is InChI=1S/C13H16O4.C2HF3O2/c1-3-4-8-17-13(16)11-7-5-6-10(9(11)2)12(14)15;3-2(4,5)1(6)7/h5-7H,3-4,8H2,1-2H3,(H,14,15);(H,6,7). The molecule has 6 nitrogen and oxygen atoms in total. The number of esters is 1. The highest BCUT2D eigenvalue weighted by atomic mass is 19.4. The summed E-state index contributed by atoms with van der Waals surface area (Å²) in [6.07, 6.45) is -3.33. The van der Waals surface area contributed by atoms with E-state index >= 15 is 0 Å². The third kappa shape index (κ3) is 7.12. The first-order valence-electron chi connectivity index (χ1n) is 6.82. The Labute approximate surface area is 135 Å². The van der Waals surface area contributed by atoms with E-state index in [0.717, 1.165) is 12.8 Å². The van der Waals surface area contributed by atoms with Gasteiger partial charge in [0.1, 0.15) is 0 Å². The van der Waals surface area contributed by atoms with Gasteiger partial charge in [-0.2, -0.15) is 13.2 Å². The summed E-state index contributed by atoms with van der Waals surface area (Å²) < 4.78 is 36.8. The predicted octanol–water partition coefficient (Wildman–Crippen LogP) is 3.28.